The number of carboxylic acid groups (broad SMARTS) is 1. The Labute approximate surface area is 122 Å². The molecule has 0 aliphatic heterocycles. The molecule has 1 unspecified atom stereocenters. The van der Waals surface area contributed by atoms with Crippen LogP contribution >= 0.6 is 0 Å². The van der Waals surface area contributed by atoms with Crippen LogP contribution in [0.15, 0.2) is 21.6 Å². The van der Waals surface area contributed by atoms with Crippen LogP contribution < -0.4 is 5.32 Å². The number of carbonyl (C=O) groups excluding carboxylic acids is 1. The second-order valence-corrected chi connectivity index (χ2v) is 6.67. The van der Waals surface area contributed by atoms with Crippen molar-refractivity contribution in [2.75, 3.05) is 14.1 Å². The molecule has 1 amide bonds. The van der Waals surface area contributed by atoms with E-state index in [4.69, 9.17) is 9.52 Å². The highest BCUT2D eigenvalue weighted by atomic mass is 32.2. The monoisotopic (exact) mass is 318 g/mol. The van der Waals surface area contributed by atoms with E-state index in [1.807, 2.05) is 0 Å². The van der Waals surface area contributed by atoms with Gasteiger partial charge < -0.3 is 14.8 Å². The SMILES string of the molecule is CCC(CC(=O)O)NC(=O)c1ccc(S(=O)(=O)N(C)C)o1. The summed E-state index contributed by atoms with van der Waals surface area (Å²) >= 11 is 0. The number of carboxylic acids is 1. The van der Waals surface area contributed by atoms with Gasteiger partial charge in [-0.25, -0.2) is 12.7 Å². The molecule has 1 rings (SSSR count). The van der Waals surface area contributed by atoms with E-state index in [0.717, 1.165) is 4.31 Å². The molecule has 0 radical (unpaired) electrons. The van der Waals surface area contributed by atoms with Gasteiger partial charge in [0, 0.05) is 20.1 Å². The third-order valence-corrected chi connectivity index (χ3v) is 4.48. The predicted octanol–water partition coefficient (Wildman–Crippen LogP) is 0.513. The standard InChI is InChI=1S/C12H18N2O6S/c1-4-8(7-10(15)16)13-12(17)9-5-6-11(20-9)21(18,19)14(2)3/h5-6,8H,4,7H2,1-3H3,(H,13,17)(H,15,16). The molecular weight excluding hydrogens is 300 g/mol. The van der Waals surface area contributed by atoms with Crippen molar-refractivity contribution in [2.45, 2.75) is 30.9 Å². The fraction of sp³-hybridized carbons (Fsp3) is 0.500. The minimum absolute atomic E-state index is 0.181. The third kappa shape index (κ3) is 4.30. The van der Waals surface area contributed by atoms with E-state index >= 15 is 0 Å². The summed E-state index contributed by atoms with van der Waals surface area (Å²) in [5.74, 6) is -1.86. The number of nitrogens with zero attached hydrogens (tertiary/aromatic N) is 1. The first-order valence-corrected chi connectivity index (χ1v) is 7.67. The zero-order valence-corrected chi connectivity index (χ0v) is 12.8. The molecular formula is C12H18N2O6S. The molecule has 0 saturated heterocycles. The summed E-state index contributed by atoms with van der Waals surface area (Å²) in [7, 11) is -1.06. The smallest absolute Gasteiger partial charge is 0.305 e. The minimum Gasteiger partial charge on any atom is -0.481 e. The Balaban J connectivity index is 2.86. The number of amides is 1. The van der Waals surface area contributed by atoms with Crippen LogP contribution in [0.4, 0.5) is 0 Å². The van der Waals surface area contributed by atoms with Gasteiger partial charge in [0.25, 0.3) is 15.9 Å². The van der Waals surface area contributed by atoms with Crippen LogP contribution in [0.3, 0.4) is 0 Å². The quantitative estimate of drug-likeness (QED) is 0.756. The van der Waals surface area contributed by atoms with E-state index in [9.17, 15) is 18.0 Å². The largest absolute Gasteiger partial charge is 0.481 e. The van der Waals surface area contributed by atoms with Gasteiger partial charge in [-0.15, -0.1) is 0 Å². The highest BCUT2D eigenvalue weighted by Crippen LogP contribution is 2.17. The molecule has 0 aliphatic rings. The maximum Gasteiger partial charge on any atom is 0.305 e. The zero-order valence-electron chi connectivity index (χ0n) is 12.0. The molecule has 1 heterocycles. The number of hydrogen-bond acceptors (Lipinski definition) is 5. The molecule has 9 heteroatoms. The fourth-order valence-corrected chi connectivity index (χ4v) is 2.32. The molecule has 2 N–H and O–H groups in total. The van der Waals surface area contributed by atoms with Crippen molar-refractivity contribution in [3.8, 4) is 0 Å². The van der Waals surface area contributed by atoms with Crippen molar-refractivity contribution in [2.24, 2.45) is 0 Å². The van der Waals surface area contributed by atoms with Crippen LogP contribution in [0, 0.1) is 0 Å². The van der Waals surface area contributed by atoms with Crippen molar-refractivity contribution in [3.05, 3.63) is 17.9 Å². The van der Waals surface area contributed by atoms with Gasteiger partial charge in [-0.2, -0.15) is 0 Å². The van der Waals surface area contributed by atoms with Crippen LogP contribution in [-0.4, -0.2) is 49.8 Å². The van der Waals surface area contributed by atoms with Gasteiger partial charge >= 0.3 is 5.97 Å². The zero-order chi connectivity index (χ0) is 16.2. The van der Waals surface area contributed by atoms with Crippen LogP contribution in [0.2, 0.25) is 0 Å². The average Bonchev–Trinajstić information content (AvgIpc) is 2.87. The maximum atomic E-state index is 11.9. The summed E-state index contributed by atoms with van der Waals surface area (Å²) in [5, 5.41) is 10.9. The molecule has 0 saturated carbocycles. The molecule has 118 valence electrons. The predicted molar refractivity (Wildman–Crippen MR) is 73.4 cm³/mol. The first-order valence-electron chi connectivity index (χ1n) is 6.23. The Bertz CT molecular complexity index is 619. The molecule has 0 fully saturated rings. The number of sulfonamides is 1. The molecule has 21 heavy (non-hydrogen) atoms. The Morgan fingerprint density at radius 3 is 2.48 bits per heavy atom. The van der Waals surface area contributed by atoms with E-state index in [1.165, 1.54) is 26.2 Å². The lowest BCUT2D eigenvalue weighted by Gasteiger charge is -2.13. The Morgan fingerprint density at radius 2 is 2.00 bits per heavy atom. The molecule has 1 aromatic heterocycles. The molecule has 0 bridgehead atoms. The number of rotatable bonds is 7. The normalized spacial score (nSPS) is 13.1. The summed E-state index contributed by atoms with van der Waals surface area (Å²) in [4.78, 5) is 22.5. The summed E-state index contributed by atoms with van der Waals surface area (Å²) in [6.07, 6.45) is 0.216. The van der Waals surface area contributed by atoms with E-state index in [1.54, 1.807) is 6.92 Å². The summed E-state index contributed by atoms with van der Waals surface area (Å²) < 4.78 is 29.6. The summed E-state index contributed by atoms with van der Waals surface area (Å²) in [6, 6.07) is 1.87. The van der Waals surface area contributed by atoms with Crippen molar-refractivity contribution >= 4 is 21.9 Å². The summed E-state index contributed by atoms with van der Waals surface area (Å²) in [5.41, 5.74) is 0. The molecule has 0 aromatic carbocycles. The first-order chi connectivity index (χ1) is 9.68. The Hall–Kier alpha value is -1.87. The number of carbonyl (C=O) groups is 2. The van der Waals surface area contributed by atoms with Crippen molar-refractivity contribution in [1.29, 1.82) is 0 Å². The fourth-order valence-electron chi connectivity index (χ4n) is 1.53. The molecule has 1 atom stereocenters. The number of hydrogen-bond donors (Lipinski definition) is 2. The number of aliphatic carboxylic acids is 1. The van der Waals surface area contributed by atoms with E-state index in [-0.39, 0.29) is 17.3 Å². The van der Waals surface area contributed by atoms with Gasteiger partial charge in [-0.1, -0.05) is 6.92 Å². The van der Waals surface area contributed by atoms with Gasteiger partial charge in [0.05, 0.1) is 6.42 Å². The van der Waals surface area contributed by atoms with E-state index in [2.05, 4.69) is 5.32 Å². The van der Waals surface area contributed by atoms with Crippen LogP contribution in [0.1, 0.15) is 30.3 Å². The molecule has 0 aliphatic carbocycles. The van der Waals surface area contributed by atoms with E-state index < -0.39 is 27.9 Å². The highest BCUT2D eigenvalue weighted by Gasteiger charge is 2.24. The number of furan rings is 1. The molecule has 8 nitrogen and oxygen atoms in total. The second-order valence-electron chi connectivity index (χ2n) is 4.58. The van der Waals surface area contributed by atoms with Gasteiger partial charge in [0.1, 0.15) is 0 Å². The first kappa shape index (κ1) is 17.2. The van der Waals surface area contributed by atoms with Gasteiger partial charge in [-0.05, 0) is 18.6 Å². The number of nitrogens with one attached hydrogen (secondary N) is 1. The van der Waals surface area contributed by atoms with Gasteiger partial charge in [0.2, 0.25) is 5.09 Å². The van der Waals surface area contributed by atoms with Crippen LogP contribution in [0.5, 0.6) is 0 Å². The van der Waals surface area contributed by atoms with Gasteiger partial charge in [-0.3, -0.25) is 9.59 Å². The van der Waals surface area contributed by atoms with Gasteiger partial charge in [0.15, 0.2) is 5.76 Å². The second kappa shape index (κ2) is 6.72. The maximum absolute atomic E-state index is 11.9. The van der Waals surface area contributed by atoms with Crippen molar-refractivity contribution in [3.63, 3.8) is 0 Å². The lowest BCUT2D eigenvalue weighted by atomic mass is 10.1. The highest BCUT2D eigenvalue weighted by molar-refractivity contribution is 7.88. The molecule has 0 spiro atoms. The lowest BCUT2D eigenvalue weighted by Crippen LogP contribution is -2.35. The van der Waals surface area contributed by atoms with E-state index in [0.29, 0.717) is 6.42 Å². The lowest BCUT2D eigenvalue weighted by molar-refractivity contribution is -0.137. The van der Waals surface area contributed by atoms with Crippen molar-refractivity contribution in [1.82, 2.24) is 9.62 Å². The van der Waals surface area contributed by atoms with Crippen molar-refractivity contribution < 1.29 is 27.5 Å². The average molecular weight is 318 g/mol. The van der Waals surface area contributed by atoms with Crippen LogP contribution in [-0.2, 0) is 14.8 Å². The summed E-state index contributed by atoms with van der Waals surface area (Å²) in [6.45, 7) is 1.73. The Morgan fingerprint density at radius 1 is 1.38 bits per heavy atom. The third-order valence-electron chi connectivity index (χ3n) is 2.79. The minimum atomic E-state index is -3.75. The Kier molecular flexibility index (Phi) is 5.50. The topological polar surface area (TPSA) is 117 Å². The molecule has 1 aromatic rings. The van der Waals surface area contributed by atoms with Crippen LogP contribution in [0.25, 0.3) is 0 Å².